The van der Waals surface area contributed by atoms with E-state index in [-0.39, 0.29) is 43.8 Å². The third-order valence-electron chi connectivity index (χ3n) is 5.48. The standard InChI is InChI=1S/C22H32N2O6/c1-16(2)23(10-12-28-3)19(25)14-22(17-8-6-7-9-18(17)30-5)15-20(26)24(21(22)27)11-13-29-4/h6-9,16H,10-15H2,1-5H3. The molecule has 166 valence electrons. The van der Waals surface area contributed by atoms with Crippen LogP contribution in [0, 0.1) is 0 Å². The number of likely N-dealkylation sites (tertiary alicyclic amines) is 1. The van der Waals surface area contributed by atoms with Crippen molar-refractivity contribution in [3.63, 3.8) is 0 Å². The number of ether oxygens (including phenoxy) is 3. The zero-order valence-corrected chi connectivity index (χ0v) is 18.5. The smallest absolute Gasteiger partial charge is 0.241 e. The molecule has 8 heteroatoms. The van der Waals surface area contributed by atoms with Gasteiger partial charge in [-0.2, -0.15) is 0 Å². The van der Waals surface area contributed by atoms with Crippen LogP contribution in [-0.2, 0) is 29.3 Å². The number of benzene rings is 1. The minimum absolute atomic E-state index is 0.0702. The fraction of sp³-hybridized carbons (Fsp3) is 0.591. The van der Waals surface area contributed by atoms with E-state index in [2.05, 4.69) is 0 Å². The summed E-state index contributed by atoms with van der Waals surface area (Å²) in [6, 6.07) is 7.00. The molecule has 1 aromatic rings. The molecule has 3 amide bonds. The van der Waals surface area contributed by atoms with E-state index in [1.807, 2.05) is 13.8 Å². The monoisotopic (exact) mass is 420 g/mol. The Morgan fingerprint density at radius 1 is 1.13 bits per heavy atom. The number of nitrogens with zero attached hydrogens (tertiary/aromatic N) is 2. The molecule has 8 nitrogen and oxygen atoms in total. The van der Waals surface area contributed by atoms with Gasteiger partial charge >= 0.3 is 0 Å². The minimum Gasteiger partial charge on any atom is -0.496 e. The van der Waals surface area contributed by atoms with Crippen molar-refractivity contribution in [3.8, 4) is 5.75 Å². The minimum atomic E-state index is -1.31. The summed E-state index contributed by atoms with van der Waals surface area (Å²) in [4.78, 5) is 42.5. The van der Waals surface area contributed by atoms with Gasteiger partial charge in [0.1, 0.15) is 5.75 Å². The average molecular weight is 421 g/mol. The van der Waals surface area contributed by atoms with Gasteiger partial charge in [-0.15, -0.1) is 0 Å². The fourth-order valence-corrected chi connectivity index (χ4v) is 3.91. The molecule has 1 aliphatic rings. The maximum Gasteiger partial charge on any atom is 0.241 e. The van der Waals surface area contributed by atoms with E-state index in [1.165, 1.54) is 19.1 Å². The zero-order valence-electron chi connectivity index (χ0n) is 18.5. The topological polar surface area (TPSA) is 85.4 Å². The lowest BCUT2D eigenvalue weighted by atomic mass is 9.75. The van der Waals surface area contributed by atoms with Gasteiger partial charge in [0.25, 0.3) is 0 Å². The summed E-state index contributed by atoms with van der Waals surface area (Å²) in [5, 5.41) is 0. The van der Waals surface area contributed by atoms with Crippen molar-refractivity contribution in [1.29, 1.82) is 0 Å². The second-order valence-electron chi connectivity index (χ2n) is 7.65. The molecule has 0 bridgehead atoms. The molecule has 1 aliphatic heterocycles. The molecule has 0 radical (unpaired) electrons. The Morgan fingerprint density at radius 2 is 1.80 bits per heavy atom. The van der Waals surface area contributed by atoms with Gasteiger partial charge in [0.15, 0.2) is 0 Å². The Morgan fingerprint density at radius 3 is 2.40 bits per heavy atom. The van der Waals surface area contributed by atoms with Crippen molar-refractivity contribution in [2.75, 3.05) is 47.6 Å². The molecule has 0 aliphatic carbocycles. The lowest BCUT2D eigenvalue weighted by molar-refractivity contribution is -0.144. The van der Waals surface area contributed by atoms with Gasteiger partial charge < -0.3 is 19.1 Å². The quantitative estimate of drug-likeness (QED) is 0.506. The number of rotatable bonds is 11. The van der Waals surface area contributed by atoms with E-state index in [0.29, 0.717) is 24.5 Å². The number of hydrogen-bond acceptors (Lipinski definition) is 6. The number of methoxy groups -OCH3 is 3. The third-order valence-corrected chi connectivity index (χ3v) is 5.48. The van der Waals surface area contributed by atoms with E-state index >= 15 is 0 Å². The normalized spacial score (nSPS) is 18.9. The van der Waals surface area contributed by atoms with E-state index in [0.717, 1.165) is 0 Å². The first-order valence-electron chi connectivity index (χ1n) is 10.1. The summed E-state index contributed by atoms with van der Waals surface area (Å²) in [5.41, 5.74) is -0.760. The Bertz CT molecular complexity index is 766. The van der Waals surface area contributed by atoms with Crippen LogP contribution in [0.4, 0.5) is 0 Å². The van der Waals surface area contributed by atoms with Crippen molar-refractivity contribution in [1.82, 2.24) is 9.80 Å². The molecular weight excluding hydrogens is 388 g/mol. The predicted molar refractivity (Wildman–Crippen MR) is 111 cm³/mol. The van der Waals surface area contributed by atoms with Gasteiger partial charge in [-0.25, -0.2) is 0 Å². The van der Waals surface area contributed by atoms with Crippen LogP contribution in [0.15, 0.2) is 24.3 Å². The van der Waals surface area contributed by atoms with Crippen molar-refractivity contribution in [2.24, 2.45) is 0 Å². The van der Waals surface area contributed by atoms with Gasteiger partial charge in [-0.1, -0.05) is 18.2 Å². The molecule has 1 fully saturated rings. The second-order valence-corrected chi connectivity index (χ2v) is 7.65. The van der Waals surface area contributed by atoms with E-state index in [1.54, 1.807) is 36.3 Å². The van der Waals surface area contributed by atoms with Crippen LogP contribution in [0.2, 0.25) is 0 Å². The molecule has 0 aromatic heterocycles. The highest BCUT2D eigenvalue weighted by atomic mass is 16.5. The highest BCUT2D eigenvalue weighted by molar-refractivity contribution is 6.11. The summed E-state index contributed by atoms with van der Waals surface area (Å²) in [6.45, 7) is 5.00. The van der Waals surface area contributed by atoms with E-state index < -0.39 is 11.3 Å². The maximum atomic E-state index is 13.6. The summed E-state index contributed by atoms with van der Waals surface area (Å²) in [5.74, 6) is -0.433. The zero-order chi connectivity index (χ0) is 22.3. The van der Waals surface area contributed by atoms with Crippen molar-refractivity contribution in [2.45, 2.75) is 38.1 Å². The average Bonchev–Trinajstić information content (AvgIpc) is 2.96. The second kappa shape index (κ2) is 10.5. The molecule has 0 saturated carbocycles. The van der Waals surface area contributed by atoms with Gasteiger partial charge in [0.2, 0.25) is 17.7 Å². The van der Waals surface area contributed by atoms with Crippen molar-refractivity contribution in [3.05, 3.63) is 29.8 Å². The van der Waals surface area contributed by atoms with E-state index in [4.69, 9.17) is 14.2 Å². The van der Waals surface area contributed by atoms with Gasteiger partial charge in [0, 0.05) is 45.2 Å². The van der Waals surface area contributed by atoms with E-state index in [9.17, 15) is 14.4 Å². The number of imide groups is 1. The Kier molecular flexibility index (Phi) is 8.37. The van der Waals surface area contributed by atoms with Crippen LogP contribution >= 0.6 is 0 Å². The Labute approximate surface area is 178 Å². The van der Waals surface area contributed by atoms with Gasteiger partial charge in [0.05, 0.1) is 32.3 Å². The Hall–Kier alpha value is -2.45. The summed E-state index contributed by atoms with van der Waals surface area (Å²) in [7, 11) is 4.60. The fourth-order valence-electron chi connectivity index (χ4n) is 3.91. The third kappa shape index (κ3) is 4.82. The molecule has 30 heavy (non-hydrogen) atoms. The molecule has 0 spiro atoms. The van der Waals surface area contributed by atoms with Crippen LogP contribution in [0.1, 0.15) is 32.3 Å². The van der Waals surface area contributed by atoms with Crippen molar-refractivity contribution >= 4 is 17.7 Å². The highest BCUT2D eigenvalue weighted by Crippen LogP contribution is 2.44. The lowest BCUT2D eigenvalue weighted by Gasteiger charge is -2.33. The number of carbonyl (C=O) groups excluding carboxylic acids is 3. The van der Waals surface area contributed by atoms with Crippen LogP contribution < -0.4 is 4.74 Å². The molecule has 0 N–H and O–H groups in total. The van der Waals surface area contributed by atoms with Crippen molar-refractivity contribution < 1.29 is 28.6 Å². The molecule has 1 saturated heterocycles. The molecule has 1 unspecified atom stereocenters. The summed E-state index contributed by atoms with van der Waals surface area (Å²) < 4.78 is 15.7. The van der Waals surface area contributed by atoms with Gasteiger partial charge in [-0.3, -0.25) is 19.3 Å². The van der Waals surface area contributed by atoms with Crippen LogP contribution in [-0.4, -0.2) is 81.2 Å². The van der Waals surface area contributed by atoms with Gasteiger partial charge in [-0.05, 0) is 19.9 Å². The van der Waals surface area contributed by atoms with Crippen LogP contribution in [0.3, 0.4) is 0 Å². The first kappa shape index (κ1) is 23.8. The lowest BCUT2D eigenvalue weighted by Crippen LogP contribution is -2.46. The molecular formula is C22H32N2O6. The first-order chi connectivity index (χ1) is 14.3. The SMILES string of the molecule is COCCN1C(=O)CC(CC(=O)N(CCOC)C(C)C)(c2ccccc2OC)C1=O. The maximum absolute atomic E-state index is 13.6. The molecule has 2 rings (SSSR count). The molecule has 1 aromatic carbocycles. The molecule has 1 heterocycles. The molecule has 1 atom stereocenters. The predicted octanol–water partition coefficient (Wildman–Crippen LogP) is 1.61. The summed E-state index contributed by atoms with van der Waals surface area (Å²) in [6.07, 6.45) is -0.207. The number of para-hydroxylation sites is 1. The number of hydrogen-bond donors (Lipinski definition) is 0. The van der Waals surface area contributed by atoms with Crippen LogP contribution in [0.25, 0.3) is 0 Å². The highest BCUT2D eigenvalue weighted by Gasteiger charge is 2.55. The first-order valence-corrected chi connectivity index (χ1v) is 10.1. The van der Waals surface area contributed by atoms with Crippen LogP contribution in [0.5, 0.6) is 5.75 Å². The summed E-state index contributed by atoms with van der Waals surface area (Å²) >= 11 is 0. The Balaban J connectivity index is 2.49. The largest absolute Gasteiger partial charge is 0.496 e. The number of carbonyl (C=O) groups is 3. The number of amides is 3.